The fourth-order valence-electron chi connectivity index (χ4n) is 1.86. The molecule has 3 N–H and O–H groups in total. The van der Waals surface area contributed by atoms with Crippen LogP contribution in [0.5, 0.6) is 0 Å². The van der Waals surface area contributed by atoms with E-state index in [1.54, 1.807) is 18.2 Å². The summed E-state index contributed by atoms with van der Waals surface area (Å²) in [6.45, 7) is -0.348. The van der Waals surface area contributed by atoms with Crippen molar-refractivity contribution >= 4 is 28.7 Å². The van der Waals surface area contributed by atoms with Crippen molar-refractivity contribution in [3.05, 3.63) is 41.8 Å². The predicted octanol–water partition coefficient (Wildman–Crippen LogP) is 0.695. The number of carbonyl (C=O) groups excluding carboxylic acids is 2. The van der Waals surface area contributed by atoms with Crippen molar-refractivity contribution in [3.8, 4) is 0 Å². The third kappa shape index (κ3) is 4.47. The van der Waals surface area contributed by atoms with Gasteiger partial charge < -0.3 is 15.7 Å². The van der Waals surface area contributed by atoms with Crippen LogP contribution < -0.4 is 10.6 Å². The van der Waals surface area contributed by atoms with E-state index in [1.165, 1.54) is 12.1 Å². The highest BCUT2D eigenvalue weighted by Crippen LogP contribution is 2.15. The predicted molar refractivity (Wildman–Crippen MR) is 79.3 cm³/mol. The molecule has 0 saturated heterocycles. The normalized spacial score (nSPS) is 10.3. The van der Waals surface area contributed by atoms with E-state index in [1.807, 2.05) is 0 Å². The van der Waals surface area contributed by atoms with Gasteiger partial charge in [0, 0.05) is 11.9 Å². The lowest BCUT2D eigenvalue weighted by atomic mass is 10.2. The molecule has 7 nitrogen and oxygen atoms in total. The van der Waals surface area contributed by atoms with Gasteiger partial charge in [0.25, 0.3) is 5.91 Å². The molecule has 0 atom stereocenters. The van der Waals surface area contributed by atoms with Crippen LogP contribution >= 0.6 is 0 Å². The standard InChI is InChI=1S/C15H14FN3O4/c16-10-3-1-2-9-4-5-11(19-14(9)10)15(23)18-8-12(20)17-7-6-13(21)22/h1-5H,6-8H2,(H,17,20)(H,18,23)(H,21,22). The van der Waals surface area contributed by atoms with Crippen LogP contribution in [0.4, 0.5) is 4.39 Å². The molecule has 2 aromatic rings. The Morgan fingerprint density at radius 3 is 2.65 bits per heavy atom. The van der Waals surface area contributed by atoms with Crippen LogP contribution in [0.25, 0.3) is 10.9 Å². The summed E-state index contributed by atoms with van der Waals surface area (Å²) in [5.41, 5.74) is 0.0620. The first-order valence-electron chi connectivity index (χ1n) is 6.79. The molecule has 8 heteroatoms. The number of hydrogen-bond donors (Lipinski definition) is 3. The van der Waals surface area contributed by atoms with Gasteiger partial charge in [0.1, 0.15) is 17.0 Å². The summed E-state index contributed by atoms with van der Waals surface area (Å²) >= 11 is 0. The number of rotatable bonds is 6. The summed E-state index contributed by atoms with van der Waals surface area (Å²) < 4.78 is 13.6. The molecule has 0 bridgehead atoms. The van der Waals surface area contributed by atoms with Gasteiger partial charge in [-0.2, -0.15) is 0 Å². The van der Waals surface area contributed by atoms with E-state index in [9.17, 15) is 18.8 Å². The summed E-state index contributed by atoms with van der Waals surface area (Å²) in [5, 5.41) is 13.7. The summed E-state index contributed by atoms with van der Waals surface area (Å²) in [6, 6.07) is 7.45. The quantitative estimate of drug-likeness (QED) is 0.726. The Morgan fingerprint density at radius 1 is 1.13 bits per heavy atom. The van der Waals surface area contributed by atoms with Crippen LogP contribution in [0.3, 0.4) is 0 Å². The van der Waals surface area contributed by atoms with E-state index in [0.717, 1.165) is 0 Å². The molecular weight excluding hydrogens is 305 g/mol. The second-order valence-corrected chi connectivity index (χ2v) is 4.68. The average Bonchev–Trinajstić information content (AvgIpc) is 2.52. The van der Waals surface area contributed by atoms with Gasteiger partial charge in [-0.1, -0.05) is 18.2 Å². The maximum atomic E-state index is 13.6. The number of aromatic nitrogens is 1. The fourth-order valence-corrected chi connectivity index (χ4v) is 1.86. The number of nitrogens with one attached hydrogen (secondary N) is 2. The first-order valence-corrected chi connectivity index (χ1v) is 6.79. The number of carboxylic acid groups (broad SMARTS) is 1. The highest BCUT2D eigenvalue weighted by atomic mass is 19.1. The number of para-hydroxylation sites is 1. The number of amides is 2. The van der Waals surface area contributed by atoms with Crippen molar-refractivity contribution in [1.82, 2.24) is 15.6 Å². The number of carboxylic acids is 1. The van der Waals surface area contributed by atoms with E-state index in [-0.39, 0.29) is 30.7 Å². The SMILES string of the molecule is O=C(O)CCNC(=O)CNC(=O)c1ccc2cccc(F)c2n1. The van der Waals surface area contributed by atoms with Crippen molar-refractivity contribution in [1.29, 1.82) is 0 Å². The fraction of sp³-hybridized carbons (Fsp3) is 0.200. The number of nitrogens with zero attached hydrogens (tertiary/aromatic N) is 1. The maximum absolute atomic E-state index is 13.6. The minimum atomic E-state index is -1.03. The van der Waals surface area contributed by atoms with Gasteiger partial charge in [0.2, 0.25) is 5.91 Å². The minimum absolute atomic E-state index is 0.0130. The number of benzene rings is 1. The smallest absolute Gasteiger partial charge is 0.305 e. The van der Waals surface area contributed by atoms with Crippen LogP contribution in [-0.4, -0.2) is 41.0 Å². The zero-order valence-electron chi connectivity index (χ0n) is 12.0. The molecule has 0 spiro atoms. The molecule has 0 aliphatic heterocycles. The van der Waals surface area contributed by atoms with Crippen molar-refractivity contribution in [2.24, 2.45) is 0 Å². The van der Waals surface area contributed by atoms with Crippen LogP contribution in [0, 0.1) is 5.82 Å². The molecule has 0 saturated carbocycles. The molecule has 1 aromatic heterocycles. The second-order valence-electron chi connectivity index (χ2n) is 4.68. The molecule has 1 aromatic carbocycles. The van der Waals surface area contributed by atoms with Crippen molar-refractivity contribution < 1.29 is 23.9 Å². The third-order valence-electron chi connectivity index (χ3n) is 2.97. The van der Waals surface area contributed by atoms with Gasteiger partial charge in [-0.3, -0.25) is 14.4 Å². The molecule has 2 rings (SSSR count). The van der Waals surface area contributed by atoms with Crippen LogP contribution in [-0.2, 0) is 9.59 Å². The summed E-state index contributed by atoms with van der Waals surface area (Å²) in [7, 11) is 0. The first-order chi connectivity index (χ1) is 11.0. The van der Waals surface area contributed by atoms with Gasteiger partial charge in [0.15, 0.2) is 0 Å². The Balaban J connectivity index is 1.94. The Bertz CT molecular complexity index is 763. The number of halogens is 1. The highest BCUT2D eigenvalue weighted by molar-refractivity contribution is 5.96. The van der Waals surface area contributed by atoms with Crippen molar-refractivity contribution in [2.45, 2.75) is 6.42 Å². The number of fused-ring (bicyclic) bond motifs is 1. The topological polar surface area (TPSA) is 108 Å². The summed E-state index contributed by atoms with van der Waals surface area (Å²) in [5.74, 6) is -2.71. The minimum Gasteiger partial charge on any atom is -0.481 e. The maximum Gasteiger partial charge on any atom is 0.305 e. The molecule has 0 fully saturated rings. The Morgan fingerprint density at radius 2 is 1.91 bits per heavy atom. The monoisotopic (exact) mass is 319 g/mol. The number of aliphatic carboxylic acids is 1. The van der Waals surface area contributed by atoms with Crippen LogP contribution in [0.15, 0.2) is 30.3 Å². The van der Waals surface area contributed by atoms with E-state index < -0.39 is 23.6 Å². The number of hydrogen-bond acceptors (Lipinski definition) is 4. The second kappa shape index (κ2) is 7.30. The molecule has 1 heterocycles. The zero-order chi connectivity index (χ0) is 16.8. The zero-order valence-corrected chi connectivity index (χ0v) is 12.0. The largest absolute Gasteiger partial charge is 0.481 e. The van der Waals surface area contributed by atoms with E-state index in [4.69, 9.17) is 5.11 Å². The highest BCUT2D eigenvalue weighted by Gasteiger charge is 2.11. The third-order valence-corrected chi connectivity index (χ3v) is 2.97. The van der Waals surface area contributed by atoms with Gasteiger partial charge in [-0.05, 0) is 12.1 Å². The van der Waals surface area contributed by atoms with E-state index >= 15 is 0 Å². The van der Waals surface area contributed by atoms with E-state index in [0.29, 0.717) is 5.39 Å². The molecule has 0 radical (unpaired) electrons. The molecule has 2 amide bonds. The lowest BCUT2D eigenvalue weighted by molar-refractivity contribution is -0.136. The Labute approximate surface area is 130 Å². The van der Waals surface area contributed by atoms with Gasteiger partial charge in [-0.25, -0.2) is 9.37 Å². The molecular formula is C15H14FN3O4. The van der Waals surface area contributed by atoms with E-state index in [2.05, 4.69) is 15.6 Å². The molecule has 120 valence electrons. The van der Waals surface area contributed by atoms with Crippen LogP contribution in [0.2, 0.25) is 0 Å². The number of carbonyl (C=O) groups is 3. The van der Waals surface area contributed by atoms with Gasteiger partial charge in [0.05, 0.1) is 13.0 Å². The average molecular weight is 319 g/mol. The van der Waals surface area contributed by atoms with Crippen LogP contribution in [0.1, 0.15) is 16.9 Å². The van der Waals surface area contributed by atoms with Gasteiger partial charge >= 0.3 is 5.97 Å². The molecule has 23 heavy (non-hydrogen) atoms. The summed E-state index contributed by atoms with van der Waals surface area (Å²) in [4.78, 5) is 37.6. The molecule has 0 aliphatic carbocycles. The van der Waals surface area contributed by atoms with Crippen molar-refractivity contribution in [2.75, 3.05) is 13.1 Å². The lowest BCUT2D eigenvalue weighted by Gasteiger charge is -2.06. The lowest BCUT2D eigenvalue weighted by Crippen LogP contribution is -2.37. The Hall–Kier alpha value is -3.03. The summed E-state index contributed by atoms with van der Waals surface area (Å²) in [6.07, 6.45) is -0.203. The molecule has 0 unspecified atom stereocenters. The van der Waals surface area contributed by atoms with Crippen molar-refractivity contribution in [3.63, 3.8) is 0 Å². The first kappa shape index (κ1) is 16.3. The Kier molecular flexibility index (Phi) is 5.19. The molecule has 0 aliphatic rings. The van der Waals surface area contributed by atoms with Gasteiger partial charge in [-0.15, -0.1) is 0 Å². The number of pyridine rings is 1.